The Hall–Kier alpha value is -1.97. The number of anilines is 1. The minimum absolute atomic E-state index is 0.348. The fourth-order valence-electron chi connectivity index (χ4n) is 2.37. The molecular formula is C15H19N3O. The maximum atomic E-state index is 5.21. The first kappa shape index (κ1) is 12.1. The summed E-state index contributed by atoms with van der Waals surface area (Å²) in [6.45, 7) is 0. The van der Waals surface area contributed by atoms with Crippen LogP contribution in [0.5, 0.6) is 5.75 Å². The molecule has 0 spiro atoms. The lowest BCUT2D eigenvalue weighted by Crippen LogP contribution is -2.13. The van der Waals surface area contributed by atoms with Crippen molar-refractivity contribution in [3.8, 4) is 5.75 Å². The van der Waals surface area contributed by atoms with Gasteiger partial charge in [0.25, 0.3) is 0 Å². The van der Waals surface area contributed by atoms with Gasteiger partial charge in [0, 0.05) is 19.3 Å². The summed E-state index contributed by atoms with van der Waals surface area (Å²) in [6.07, 6.45) is 4.54. The number of hydrogen-bond acceptors (Lipinski definition) is 3. The zero-order chi connectivity index (χ0) is 13.2. The van der Waals surface area contributed by atoms with E-state index >= 15 is 0 Å². The van der Waals surface area contributed by atoms with Crippen molar-refractivity contribution in [2.75, 3.05) is 12.4 Å². The van der Waals surface area contributed by atoms with Gasteiger partial charge in [-0.3, -0.25) is 4.68 Å². The average Bonchev–Trinajstić information content (AvgIpc) is 3.20. The standard InChI is InChI=1S/C15H19N3O/c1-18-10-9-14(17-18)16-15(11-3-4-11)12-5-7-13(19-2)8-6-12/h5-11,15H,3-4H2,1-2H3,(H,16,17). The predicted molar refractivity (Wildman–Crippen MR) is 75.3 cm³/mol. The fourth-order valence-corrected chi connectivity index (χ4v) is 2.37. The Bertz CT molecular complexity index is 543. The first-order valence-corrected chi connectivity index (χ1v) is 6.66. The molecule has 1 aromatic heterocycles. The molecule has 1 atom stereocenters. The van der Waals surface area contributed by atoms with Crippen molar-refractivity contribution < 1.29 is 4.74 Å². The first-order chi connectivity index (χ1) is 9.26. The largest absolute Gasteiger partial charge is 0.497 e. The minimum Gasteiger partial charge on any atom is -0.497 e. The second kappa shape index (κ2) is 4.96. The Kier molecular flexibility index (Phi) is 3.15. The zero-order valence-electron chi connectivity index (χ0n) is 11.3. The van der Waals surface area contributed by atoms with E-state index in [-0.39, 0.29) is 0 Å². The number of nitrogens with one attached hydrogen (secondary N) is 1. The molecule has 4 heteroatoms. The number of methoxy groups -OCH3 is 1. The third-order valence-corrected chi connectivity index (χ3v) is 3.59. The third kappa shape index (κ3) is 2.72. The SMILES string of the molecule is COc1ccc(C(Nc2ccn(C)n2)C2CC2)cc1. The normalized spacial score (nSPS) is 16.1. The van der Waals surface area contributed by atoms with Crippen LogP contribution in [0.2, 0.25) is 0 Å². The van der Waals surface area contributed by atoms with Crippen molar-refractivity contribution in [2.24, 2.45) is 13.0 Å². The van der Waals surface area contributed by atoms with Gasteiger partial charge in [0.2, 0.25) is 0 Å². The summed E-state index contributed by atoms with van der Waals surface area (Å²) in [5.74, 6) is 2.56. The van der Waals surface area contributed by atoms with Gasteiger partial charge in [-0.2, -0.15) is 5.10 Å². The van der Waals surface area contributed by atoms with E-state index in [1.54, 1.807) is 7.11 Å². The summed E-state index contributed by atoms with van der Waals surface area (Å²) in [5, 5.41) is 7.94. The molecule has 1 unspecified atom stereocenters. The maximum absolute atomic E-state index is 5.21. The molecule has 100 valence electrons. The van der Waals surface area contributed by atoms with E-state index in [0.29, 0.717) is 6.04 Å². The van der Waals surface area contributed by atoms with E-state index in [0.717, 1.165) is 17.5 Å². The van der Waals surface area contributed by atoms with Gasteiger partial charge in [-0.05, 0) is 36.5 Å². The number of aromatic nitrogens is 2. The van der Waals surface area contributed by atoms with Crippen LogP contribution in [0.3, 0.4) is 0 Å². The van der Waals surface area contributed by atoms with Crippen LogP contribution >= 0.6 is 0 Å². The summed E-state index contributed by atoms with van der Waals surface area (Å²) >= 11 is 0. The number of aryl methyl sites for hydroxylation is 1. The minimum atomic E-state index is 0.348. The van der Waals surface area contributed by atoms with E-state index < -0.39 is 0 Å². The molecule has 2 aromatic rings. The van der Waals surface area contributed by atoms with Gasteiger partial charge < -0.3 is 10.1 Å². The Morgan fingerprint density at radius 1 is 1.26 bits per heavy atom. The van der Waals surface area contributed by atoms with Crippen LogP contribution in [-0.2, 0) is 7.05 Å². The molecule has 1 fully saturated rings. The number of ether oxygens (including phenoxy) is 1. The second-order valence-electron chi connectivity index (χ2n) is 5.11. The molecule has 0 aliphatic heterocycles. The third-order valence-electron chi connectivity index (χ3n) is 3.59. The van der Waals surface area contributed by atoms with Crippen molar-refractivity contribution in [1.29, 1.82) is 0 Å². The van der Waals surface area contributed by atoms with Crippen LogP contribution in [0.25, 0.3) is 0 Å². The molecule has 1 aromatic carbocycles. The molecule has 1 saturated carbocycles. The molecule has 0 radical (unpaired) electrons. The lowest BCUT2D eigenvalue weighted by Gasteiger charge is -2.18. The van der Waals surface area contributed by atoms with E-state index in [1.807, 2.05) is 36.1 Å². The van der Waals surface area contributed by atoms with Crippen molar-refractivity contribution in [1.82, 2.24) is 9.78 Å². The molecule has 1 aliphatic carbocycles. The smallest absolute Gasteiger partial charge is 0.148 e. The van der Waals surface area contributed by atoms with Gasteiger partial charge in [0.1, 0.15) is 11.6 Å². The Morgan fingerprint density at radius 3 is 2.53 bits per heavy atom. The summed E-state index contributed by atoms with van der Waals surface area (Å²) in [5.41, 5.74) is 1.30. The van der Waals surface area contributed by atoms with Crippen LogP contribution in [0.4, 0.5) is 5.82 Å². The van der Waals surface area contributed by atoms with E-state index in [1.165, 1.54) is 18.4 Å². The molecule has 1 heterocycles. The molecule has 0 saturated heterocycles. The summed E-state index contributed by atoms with van der Waals surface area (Å²) < 4.78 is 7.03. The molecule has 3 rings (SSSR count). The van der Waals surface area contributed by atoms with Gasteiger partial charge in [-0.25, -0.2) is 0 Å². The monoisotopic (exact) mass is 257 g/mol. The number of hydrogen-bond donors (Lipinski definition) is 1. The van der Waals surface area contributed by atoms with Crippen LogP contribution in [0.15, 0.2) is 36.5 Å². The van der Waals surface area contributed by atoms with Crippen molar-refractivity contribution in [3.05, 3.63) is 42.1 Å². The number of nitrogens with zero attached hydrogens (tertiary/aromatic N) is 2. The molecule has 0 bridgehead atoms. The zero-order valence-corrected chi connectivity index (χ0v) is 11.3. The molecule has 19 heavy (non-hydrogen) atoms. The van der Waals surface area contributed by atoms with E-state index in [2.05, 4.69) is 22.5 Å². The molecular weight excluding hydrogens is 238 g/mol. The van der Waals surface area contributed by atoms with Crippen LogP contribution in [0, 0.1) is 5.92 Å². The maximum Gasteiger partial charge on any atom is 0.148 e. The van der Waals surface area contributed by atoms with E-state index in [9.17, 15) is 0 Å². The highest BCUT2D eigenvalue weighted by atomic mass is 16.5. The van der Waals surface area contributed by atoms with Gasteiger partial charge in [0.15, 0.2) is 0 Å². The highest BCUT2D eigenvalue weighted by Gasteiger charge is 2.32. The van der Waals surface area contributed by atoms with Gasteiger partial charge in [0.05, 0.1) is 13.2 Å². The van der Waals surface area contributed by atoms with Crippen LogP contribution in [0.1, 0.15) is 24.4 Å². The molecule has 4 nitrogen and oxygen atoms in total. The Morgan fingerprint density at radius 2 is 2.00 bits per heavy atom. The van der Waals surface area contributed by atoms with Crippen molar-refractivity contribution in [2.45, 2.75) is 18.9 Å². The van der Waals surface area contributed by atoms with Crippen molar-refractivity contribution >= 4 is 5.82 Å². The lowest BCUT2D eigenvalue weighted by atomic mass is 10.0. The van der Waals surface area contributed by atoms with Gasteiger partial charge in [-0.1, -0.05) is 12.1 Å². The second-order valence-corrected chi connectivity index (χ2v) is 5.11. The highest BCUT2D eigenvalue weighted by molar-refractivity contribution is 5.39. The topological polar surface area (TPSA) is 39.1 Å². The predicted octanol–water partition coefficient (Wildman–Crippen LogP) is 2.99. The number of rotatable bonds is 5. The molecule has 1 aliphatic rings. The Labute approximate surface area is 113 Å². The number of benzene rings is 1. The van der Waals surface area contributed by atoms with E-state index in [4.69, 9.17) is 4.74 Å². The summed E-state index contributed by atoms with van der Waals surface area (Å²) in [7, 11) is 3.63. The first-order valence-electron chi connectivity index (χ1n) is 6.66. The summed E-state index contributed by atoms with van der Waals surface area (Å²) in [4.78, 5) is 0. The molecule has 1 N–H and O–H groups in total. The fraction of sp³-hybridized carbons (Fsp3) is 0.400. The van der Waals surface area contributed by atoms with Gasteiger partial charge >= 0.3 is 0 Å². The van der Waals surface area contributed by atoms with Gasteiger partial charge in [-0.15, -0.1) is 0 Å². The van der Waals surface area contributed by atoms with Crippen LogP contribution < -0.4 is 10.1 Å². The Balaban J connectivity index is 1.79. The highest BCUT2D eigenvalue weighted by Crippen LogP contribution is 2.42. The molecule has 0 amide bonds. The van der Waals surface area contributed by atoms with Crippen LogP contribution in [-0.4, -0.2) is 16.9 Å². The quantitative estimate of drug-likeness (QED) is 0.895. The summed E-state index contributed by atoms with van der Waals surface area (Å²) in [6, 6.07) is 10.7. The van der Waals surface area contributed by atoms with Crippen molar-refractivity contribution in [3.63, 3.8) is 0 Å². The lowest BCUT2D eigenvalue weighted by molar-refractivity contribution is 0.414. The average molecular weight is 257 g/mol.